The molecule has 24 heavy (non-hydrogen) atoms. The molecule has 0 radical (unpaired) electrons. The molecule has 2 aromatic heterocycles. The molecular weight excluding hydrogens is 328 g/mol. The smallest absolute Gasteiger partial charge is 0.324 e. The molecule has 1 saturated heterocycles. The van der Waals surface area contributed by atoms with Crippen LogP contribution in [0.4, 0.5) is 4.79 Å². The maximum atomic E-state index is 12.8. The molecule has 126 valence electrons. The number of imide groups is 1. The fourth-order valence-corrected chi connectivity index (χ4v) is 4.76. The Morgan fingerprint density at radius 3 is 3.04 bits per heavy atom. The van der Waals surface area contributed by atoms with Crippen LogP contribution >= 0.6 is 11.3 Å². The topological polar surface area (TPSA) is 84.3 Å². The molecule has 1 aliphatic carbocycles. The van der Waals surface area contributed by atoms with Crippen LogP contribution in [0.15, 0.2) is 11.1 Å². The number of hydrogen-bond acceptors (Lipinski definition) is 5. The average molecular weight is 346 g/mol. The fraction of sp³-hybridized carbons (Fsp3) is 0.500. The maximum absolute atomic E-state index is 12.8. The third kappa shape index (κ3) is 2.41. The molecule has 0 bridgehead atoms. The van der Waals surface area contributed by atoms with Gasteiger partial charge in [0.2, 0.25) is 0 Å². The molecule has 0 unspecified atom stereocenters. The Morgan fingerprint density at radius 1 is 1.46 bits per heavy atom. The highest BCUT2D eigenvalue weighted by atomic mass is 32.1. The quantitative estimate of drug-likeness (QED) is 0.884. The van der Waals surface area contributed by atoms with Crippen molar-refractivity contribution in [3.05, 3.63) is 27.1 Å². The van der Waals surface area contributed by atoms with Gasteiger partial charge in [-0.05, 0) is 30.7 Å². The summed E-state index contributed by atoms with van der Waals surface area (Å²) in [6, 6.07) is -0.399. The van der Waals surface area contributed by atoms with Crippen LogP contribution in [0.5, 0.6) is 0 Å². The van der Waals surface area contributed by atoms with Crippen LogP contribution in [-0.2, 0) is 24.2 Å². The van der Waals surface area contributed by atoms with Gasteiger partial charge in [0.25, 0.3) is 11.5 Å². The number of nitrogens with one attached hydrogen (secondary N) is 1. The normalized spacial score (nSPS) is 20.3. The molecule has 3 amide bonds. The Bertz CT molecular complexity index is 901. The number of carbonyl (C=O) groups excluding carboxylic acids is 2. The lowest BCUT2D eigenvalue weighted by Crippen LogP contribution is -2.38. The molecule has 7 nitrogen and oxygen atoms in total. The Kier molecular flexibility index (Phi) is 3.64. The summed E-state index contributed by atoms with van der Waals surface area (Å²) in [5.74, 6) is 0.244. The summed E-state index contributed by atoms with van der Waals surface area (Å²) in [6.45, 7) is 2.86. The molecule has 1 aliphatic heterocycles. The van der Waals surface area contributed by atoms with Crippen molar-refractivity contribution in [2.75, 3.05) is 13.1 Å². The van der Waals surface area contributed by atoms with Gasteiger partial charge in [0.1, 0.15) is 11.4 Å². The molecular formula is C16H18N4O3S. The number of thiophene rings is 1. The van der Waals surface area contributed by atoms with Crippen molar-refractivity contribution < 1.29 is 9.59 Å². The van der Waals surface area contributed by atoms with E-state index in [0.29, 0.717) is 24.4 Å². The van der Waals surface area contributed by atoms with Crippen molar-refractivity contribution in [3.63, 3.8) is 0 Å². The first-order valence-corrected chi connectivity index (χ1v) is 8.94. The van der Waals surface area contributed by atoms with E-state index in [9.17, 15) is 14.4 Å². The number of aromatic nitrogens is 2. The molecule has 0 saturated carbocycles. The molecule has 0 aromatic carbocycles. The van der Waals surface area contributed by atoms with Gasteiger partial charge in [-0.1, -0.05) is 6.92 Å². The standard InChI is InChI=1S/C16H18N4O3S/c1-9-2-3-10-11(6-9)24-14-13(10)15(22)19(8-18-14)7-12(21)20-5-4-17-16(20)23/h8-9H,2-7H2,1H3,(H,17,23)/t9-/m0/s1. The number of hydrogen-bond donors (Lipinski definition) is 1. The summed E-state index contributed by atoms with van der Waals surface area (Å²) in [6.07, 6.45) is 4.37. The lowest BCUT2D eigenvalue weighted by Gasteiger charge is -2.17. The van der Waals surface area contributed by atoms with Crippen LogP contribution in [0.25, 0.3) is 10.2 Å². The van der Waals surface area contributed by atoms with E-state index in [1.807, 2.05) is 0 Å². The molecule has 0 spiro atoms. The number of aryl methyl sites for hydroxylation is 1. The SMILES string of the molecule is C[C@H]1CCc2c(sc3ncn(CC(=O)N4CCNC4=O)c(=O)c23)C1. The zero-order valence-corrected chi connectivity index (χ0v) is 14.2. The number of rotatable bonds is 2. The second-order valence-electron chi connectivity index (χ2n) is 6.49. The number of urea groups is 1. The monoisotopic (exact) mass is 346 g/mol. The maximum Gasteiger partial charge on any atom is 0.324 e. The minimum absolute atomic E-state index is 0.157. The molecule has 2 aromatic rings. The molecule has 1 N–H and O–H groups in total. The van der Waals surface area contributed by atoms with E-state index in [0.717, 1.165) is 34.6 Å². The van der Waals surface area contributed by atoms with Gasteiger partial charge in [-0.2, -0.15) is 0 Å². The van der Waals surface area contributed by atoms with Crippen LogP contribution < -0.4 is 10.9 Å². The van der Waals surface area contributed by atoms with E-state index in [2.05, 4.69) is 17.2 Å². The van der Waals surface area contributed by atoms with Crippen LogP contribution in [0.3, 0.4) is 0 Å². The summed E-state index contributed by atoms with van der Waals surface area (Å²) < 4.78 is 1.32. The Balaban J connectivity index is 1.70. The molecule has 3 heterocycles. The highest BCUT2D eigenvalue weighted by Crippen LogP contribution is 2.35. The number of nitrogens with zero attached hydrogens (tertiary/aromatic N) is 3. The number of fused-ring (bicyclic) bond motifs is 3. The van der Waals surface area contributed by atoms with Gasteiger partial charge in [-0.25, -0.2) is 9.78 Å². The molecule has 8 heteroatoms. The van der Waals surface area contributed by atoms with Crippen LogP contribution in [0, 0.1) is 5.92 Å². The van der Waals surface area contributed by atoms with Crippen molar-refractivity contribution >= 4 is 33.5 Å². The van der Waals surface area contributed by atoms with Crippen molar-refractivity contribution in [2.24, 2.45) is 5.92 Å². The predicted octanol–water partition coefficient (Wildman–Crippen LogP) is 1.13. The first kappa shape index (κ1) is 15.3. The Labute approximate surface area is 142 Å². The lowest BCUT2D eigenvalue weighted by atomic mass is 9.89. The van der Waals surface area contributed by atoms with Crippen molar-refractivity contribution in [3.8, 4) is 0 Å². The summed E-state index contributed by atoms with van der Waals surface area (Å²) in [5, 5.41) is 3.24. The van der Waals surface area contributed by atoms with E-state index < -0.39 is 6.03 Å². The largest absolute Gasteiger partial charge is 0.336 e. The van der Waals surface area contributed by atoms with E-state index in [1.54, 1.807) is 11.3 Å². The molecule has 2 aliphatic rings. The third-order valence-corrected chi connectivity index (χ3v) is 5.91. The Morgan fingerprint density at radius 2 is 2.29 bits per heavy atom. The Hall–Kier alpha value is -2.22. The van der Waals surface area contributed by atoms with Crippen molar-refractivity contribution in [1.82, 2.24) is 19.8 Å². The molecule has 4 rings (SSSR count). The zero-order valence-electron chi connectivity index (χ0n) is 13.4. The summed E-state index contributed by atoms with van der Waals surface area (Å²) >= 11 is 1.59. The first-order valence-electron chi connectivity index (χ1n) is 8.12. The van der Waals surface area contributed by atoms with Gasteiger partial charge in [0.05, 0.1) is 11.7 Å². The summed E-state index contributed by atoms with van der Waals surface area (Å²) in [7, 11) is 0. The van der Waals surface area contributed by atoms with E-state index in [4.69, 9.17) is 0 Å². The first-order chi connectivity index (χ1) is 11.5. The van der Waals surface area contributed by atoms with Gasteiger partial charge < -0.3 is 5.32 Å². The van der Waals surface area contributed by atoms with Gasteiger partial charge in [0, 0.05) is 18.0 Å². The van der Waals surface area contributed by atoms with Crippen LogP contribution in [0.2, 0.25) is 0 Å². The van der Waals surface area contributed by atoms with Crippen LogP contribution in [0.1, 0.15) is 23.8 Å². The van der Waals surface area contributed by atoms with E-state index in [1.165, 1.54) is 15.8 Å². The third-order valence-electron chi connectivity index (χ3n) is 4.75. The van der Waals surface area contributed by atoms with Gasteiger partial charge in [0.15, 0.2) is 0 Å². The highest BCUT2D eigenvalue weighted by molar-refractivity contribution is 7.18. The predicted molar refractivity (Wildman–Crippen MR) is 90.2 cm³/mol. The second kappa shape index (κ2) is 5.70. The zero-order chi connectivity index (χ0) is 16.8. The fourth-order valence-electron chi connectivity index (χ4n) is 3.42. The van der Waals surface area contributed by atoms with E-state index in [-0.39, 0.29) is 18.0 Å². The molecule has 1 atom stereocenters. The van der Waals surface area contributed by atoms with E-state index >= 15 is 0 Å². The highest BCUT2D eigenvalue weighted by Gasteiger charge is 2.27. The average Bonchev–Trinajstić information content (AvgIpc) is 3.13. The van der Waals surface area contributed by atoms with Gasteiger partial charge in [-0.3, -0.25) is 19.1 Å². The second-order valence-corrected chi connectivity index (χ2v) is 7.57. The van der Waals surface area contributed by atoms with Gasteiger partial charge >= 0.3 is 6.03 Å². The lowest BCUT2D eigenvalue weighted by molar-refractivity contribution is -0.128. The summed E-state index contributed by atoms with van der Waals surface area (Å²) in [5.41, 5.74) is 0.923. The minimum atomic E-state index is -0.399. The van der Waals surface area contributed by atoms with Crippen molar-refractivity contribution in [2.45, 2.75) is 32.7 Å². The van der Waals surface area contributed by atoms with Crippen LogP contribution in [-0.4, -0.2) is 39.5 Å². The summed E-state index contributed by atoms with van der Waals surface area (Å²) in [4.78, 5) is 44.2. The number of amides is 3. The van der Waals surface area contributed by atoms with Crippen molar-refractivity contribution in [1.29, 1.82) is 0 Å². The molecule has 1 fully saturated rings. The number of carbonyl (C=O) groups is 2. The minimum Gasteiger partial charge on any atom is -0.336 e. The van der Waals surface area contributed by atoms with Gasteiger partial charge in [-0.15, -0.1) is 11.3 Å².